The lowest BCUT2D eigenvalue weighted by Crippen LogP contribution is -2.02. The predicted molar refractivity (Wildman–Crippen MR) is 72.0 cm³/mol. The molecule has 0 radical (unpaired) electrons. The zero-order valence-corrected chi connectivity index (χ0v) is 10.4. The lowest BCUT2D eigenvalue weighted by molar-refractivity contribution is -0.144. The third-order valence-electron chi connectivity index (χ3n) is 2.72. The van der Waals surface area contributed by atoms with Gasteiger partial charge in [-0.1, -0.05) is 55.5 Å². The number of esters is 1. The number of benzene rings is 2. The number of hydrogen-bond donors (Lipinski definition) is 0. The van der Waals surface area contributed by atoms with Gasteiger partial charge in [-0.25, -0.2) is 0 Å². The van der Waals surface area contributed by atoms with Crippen molar-refractivity contribution in [2.24, 2.45) is 0 Å². The minimum atomic E-state index is -0.167. The lowest BCUT2D eigenvalue weighted by Gasteiger charge is -2.06. The Bertz CT molecular complexity index is 518. The van der Waals surface area contributed by atoms with E-state index in [9.17, 15) is 4.79 Å². The van der Waals surface area contributed by atoms with E-state index in [2.05, 4.69) is 24.3 Å². The number of carbonyl (C=O) groups excluding carboxylic acids is 1. The van der Waals surface area contributed by atoms with Crippen LogP contribution in [0.1, 0.15) is 18.9 Å². The van der Waals surface area contributed by atoms with Crippen LogP contribution in [-0.2, 0) is 16.1 Å². The van der Waals surface area contributed by atoms with Crippen molar-refractivity contribution in [1.29, 1.82) is 0 Å². The van der Waals surface area contributed by atoms with Gasteiger partial charge in [0.05, 0.1) is 0 Å². The van der Waals surface area contributed by atoms with Gasteiger partial charge in [0.1, 0.15) is 6.61 Å². The van der Waals surface area contributed by atoms with Crippen LogP contribution in [0.4, 0.5) is 0 Å². The highest BCUT2D eigenvalue weighted by Gasteiger charge is 2.02. The zero-order valence-electron chi connectivity index (χ0n) is 10.4. The van der Waals surface area contributed by atoms with Crippen molar-refractivity contribution in [3.05, 3.63) is 60.2 Å². The van der Waals surface area contributed by atoms with Crippen LogP contribution in [0, 0.1) is 0 Å². The molecule has 2 nitrogen and oxygen atoms in total. The third-order valence-corrected chi connectivity index (χ3v) is 2.72. The Balaban J connectivity index is 2.13. The highest BCUT2D eigenvalue weighted by atomic mass is 16.5. The van der Waals surface area contributed by atoms with Crippen molar-refractivity contribution in [3.8, 4) is 11.1 Å². The van der Waals surface area contributed by atoms with Crippen molar-refractivity contribution < 1.29 is 9.53 Å². The molecule has 0 aliphatic rings. The van der Waals surface area contributed by atoms with E-state index in [0.29, 0.717) is 13.0 Å². The second-order valence-electron chi connectivity index (χ2n) is 4.08. The first kappa shape index (κ1) is 12.4. The summed E-state index contributed by atoms with van der Waals surface area (Å²) in [5.41, 5.74) is 3.32. The quantitative estimate of drug-likeness (QED) is 0.760. The summed E-state index contributed by atoms with van der Waals surface area (Å²) >= 11 is 0. The van der Waals surface area contributed by atoms with Gasteiger partial charge < -0.3 is 4.74 Å². The number of hydrogen-bond acceptors (Lipinski definition) is 2. The smallest absolute Gasteiger partial charge is 0.305 e. The summed E-state index contributed by atoms with van der Waals surface area (Å²) in [4.78, 5) is 11.1. The van der Waals surface area contributed by atoms with Gasteiger partial charge in [-0.05, 0) is 22.8 Å². The molecule has 2 heteroatoms. The van der Waals surface area contributed by atoms with Crippen LogP contribution in [0.5, 0.6) is 0 Å². The number of carbonyl (C=O) groups is 1. The molecular weight excluding hydrogens is 224 g/mol. The van der Waals surface area contributed by atoms with Crippen LogP contribution < -0.4 is 0 Å². The number of rotatable bonds is 4. The molecule has 2 aromatic carbocycles. The molecule has 0 aliphatic carbocycles. The summed E-state index contributed by atoms with van der Waals surface area (Å²) in [6.45, 7) is 2.13. The summed E-state index contributed by atoms with van der Waals surface area (Å²) < 4.78 is 5.13. The Hall–Kier alpha value is -2.09. The van der Waals surface area contributed by atoms with Crippen molar-refractivity contribution >= 4 is 5.97 Å². The van der Waals surface area contributed by atoms with Crippen molar-refractivity contribution in [2.45, 2.75) is 20.0 Å². The molecule has 0 amide bonds. The summed E-state index contributed by atoms with van der Waals surface area (Å²) in [7, 11) is 0. The van der Waals surface area contributed by atoms with Gasteiger partial charge in [0.15, 0.2) is 0 Å². The van der Waals surface area contributed by atoms with E-state index in [-0.39, 0.29) is 5.97 Å². The van der Waals surface area contributed by atoms with Crippen molar-refractivity contribution in [3.63, 3.8) is 0 Å². The Morgan fingerprint density at radius 1 is 1.00 bits per heavy atom. The lowest BCUT2D eigenvalue weighted by atomic mass is 10.0. The summed E-state index contributed by atoms with van der Waals surface area (Å²) in [5.74, 6) is -0.167. The molecule has 0 atom stereocenters. The van der Waals surface area contributed by atoms with E-state index >= 15 is 0 Å². The van der Waals surface area contributed by atoms with Gasteiger partial charge in [0.25, 0.3) is 0 Å². The molecule has 0 heterocycles. The van der Waals surface area contributed by atoms with Crippen LogP contribution >= 0.6 is 0 Å². The van der Waals surface area contributed by atoms with E-state index in [4.69, 9.17) is 4.74 Å². The second-order valence-corrected chi connectivity index (χ2v) is 4.08. The van der Waals surface area contributed by atoms with Gasteiger partial charge in [-0.2, -0.15) is 0 Å². The normalized spacial score (nSPS) is 10.1. The molecule has 0 N–H and O–H groups in total. The average Bonchev–Trinajstić information content (AvgIpc) is 2.46. The van der Waals surface area contributed by atoms with Crippen LogP contribution in [0.2, 0.25) is 0 Å². The average molecular weight is 240 g/mol. The molecule has 0 aliphatic heterocycles. The fraction of sp³-hybridized carbons (Fsp3) is 0.188. The Morgan fingerprint density at radius 2 is 1.72 bits per heavy atom. The van der Waals surface area contributed by atoms with Crippen molar-refractivity contribution in [2.75, 3.05) is 0 Å². The molecule has 0 aromatic heterocycles. The monoisotopic (exact) mass is 240 g/mol. The Morgan fingerprint density at radius 3 is 2.44 bits per heavy atom. The van der Waals surface area contributed by atoms with E-state index in [0.717, 1.165) is 11.1 Å². The Kier molecular flexibility index (Phi) is 4.13. The fourth-order valence-corrected chi connectivity index (χ4v) is 1.74. The van der Waals surface area contributed by atoms with E-state index < -0.39 is 0 Å². The molecular formula is C16H16O2. The Labute approximate surface area is 107 Å². The maximum Gasteiger partial charge on any atom is 0.305 e. The largest absolute Gasteiger partial charge is 0.461 e. The van der Waals surface area contributed by atoms with Gasteiger partial charge in [-0.3, -0.25) is 4.79 Å². The first-order valence-corrected chi connectivity index (χ1v) is 6.09. The third kappa shape index (κ3) is 3.20. The number of ether oxygens (including phenoxy) is 1. The van der Waals surface area contributed by atoms with Gasteiger partial charge in [0, 0.05) is 6.42 Å². The first-order valence-electron chi connectivity index (χ1n) is 6.09. The van der Waals surface area contributed by atoms with Crippen LogP contribution in [-0.4, -0.2) is 5.97 Å². The maximum atomic E-state index is 11.1. The van der Waals surface area contributed by atoms with Crippen LogP contribution in [0.25, 0.3) is 11.1 Å². The van der Waals surface area contributed by atoms with E-state index in [1.165, 1.54) is 5.56 Å². The SMILES string of the molecule is CCC(=O)OCc1cccc(-c2ccccc2)c1. The molecule has 2 aromatic rings. The molecule has 0 unspecified atom stereocenters. The standard InChI is InChI=1S/C16H16O2/c1-2-16(17)18-12-13-7-6-10-15(11-13)14-8-4-3-5-9-14/h3-11H,2,12H2,1H3. The van der Waals surface area contributed by atoms with Crippen LogP contribution in [0.3, 0.4) is 0 Å². The molecule has 18 heavy (non-hydrogen) atoms. The maximum absolute atomic E-state index is 11.1. The molecule has 0 saturated carbocycles. The molecule has 0 bridgehead atoms. The molecule has 0 saturated heterocycles. The zero-order chi connectivity index (χ0) is 12.8. The molecule has 92 valence electrons. The molecule has 0 fully saturated rings. The summed E-state index contributed by atoms with van der Waals surface area (Å²) in [5, 5.41) is 0. The van der Waals surface area contributed by atoms with E-state index in [1.54, 1.807) is 6.92 Å². The summed E-state index contributed by atoms with van der Waals surface area (Å²) in [6, 6.07) is 18.2. The van der Waals surface area contributed by atoms with Crippen molar-refractivity contribution in [1.82, 2.24) is 0 Å². The van der Waals surface area contributed by atoms with Crippen LogP contribution in [0.15, 0.2) is 54.6 Å². The van der Waals surface area contributed by atoms with Gasteiger partial charge >= 0.3 is 5.97 Å². The topological polar surface area (TPSA) is 26.3 Å². The fourth-order valence-electron chi connectivity index (χ4n) is 1.74. The molecule has 0 spiro atoms. The first-order chi connectivity index (χ1) is 8.79. The predicted octanol–water partition coefficient (Wildman–Crippen LogP) is 3.81. The second kappa shape index (κ2) is 6.01. The summed E-state index contributed by atoms with van der Waals surface area (Å²) in [6.07, 6.45) is 0.415. The highest BCUT2D eigenvalue weighted by molar-refractivity contribution is 5.69. The molecule has 2 rings (SSSR count). The van der Waals surface area contributed by atoms with E-state index in [1.807, 2.05) is 30.3 Å². The highest BCUT2D eigenvalue weighted by Crippen LogP contribution is 2.20. The van der Waals surface area contributed by atoms with Gasteiger partial charge in [0.2, 0.25) is 0 Å². The van der Waals surface area contributed by atoms with Gasteiger partial charge in [-0.15, -0.1) is 0 Å². The minimum Gasteiger partial charge on any atom is -0.461 e. The minimum absolute atomic E-state index is 0.167.